The molecule has 0 aliphatic rings. The van der Waals surface area contributed by atoms with Gasteiger partial charge in [0.15, 0.2) is 6.10 Å². The maximum absolute atomic E-state index is 12.6. The van der Waals surface area contributed by atoms with E-state index in [2.05, 4.69) is 62.5 Å². The van der Waals surface area contributed by atoms with Crippen LogP contribution in [0.1, 0.15) is 194 Å². The van der Waals surface area contributed by atoms with Crippen LogP contribution in [0.5, 0.6) is 0 Å². The quantitative estimate of drug-likeness (QED) is 0.0268. The maximum atomic E-state index is 12.6. The number of carbonyl (C=O) groups excluding carboxylic acids is 2. The van der Waals surface area contributed by atoms with E-state index in [0.29, 0.717) is 6.42 Å². The van der Waals surface area contributed by atoms with E-state index in [1.807, 2.05) is 0 Å². The lowest BCUT2D eigenvalue weighted by molar-refractivity contribution is -0.161. The average Bonchev–Trinajstić information content (AvgIpc) is 3.17. The summed E-state index contributed by atoms with van der Waals surface area (Å²) in [6.45, 7) is 3.65. The fourth-order valence-electron chi connectivity index (χ4n) is 5.87. The Bertz CT molecular complexity index is 1040. The van der Waals surface area contributed by atoms with Crippen molar-refractivity contribution in [3.05, 3.63) is 48.6 Å². The van der Waals surface area contributed by atoms with Crippen LogP contribution in [0.25, 0.3) is 0 Å². The third kappa shape index (κ3) is 41.4. The van der Waals surface area contributed by atoms with Crippen molar-refractivity contribution >= 4 is 19.8 Å². The second-order valence-electron chi connectivity index (χ2n) is 14.6. The van der Waals surface area contributed by atoms with E-state index in [1.54, 1.807) is 0 Å². The number of hydrogen-bond acceptors (Lipinski definition) is 8. The normalized spacial score (nSPS) is 13.7. The third-order valence-electron chi connectivity index (χ3n) is 9.19. The molecule has 10 heteroatoms. The molecule has 55 heavy (non-hydrogen) atoms. The minimum atomic E-state index is -4.39. The van der Waals surface area contributed by atoms with Crippen LogP contribution in [-0.2, 0) is 32.7 Å². The number of hydrogen-bond donors (Lipinski definition) is 2. The van der Waals surface area contributed by atoms with Crippen molar-refractivity contribution in [2.24, 2.45) is 5.73 Å². The van der Waals surface area contributed by atoms with E-state index >= 15 is 0 Å². The number of carbonyl (C=O) groups is 2. The molecular weight excluding hydrogens is 713 g/mol. The first-order valence-corrected chi connectivity index (χ1v) is 23.6. The first-order chi connectivity index (χ1) is 26.8. The van der Waals surface area contributed by atoms with Crippen molar-refractivity contribution < 1.29 is 37.6 Å². The van der Waals surface area contributed by atoms with E-state index in [9.17, 15) is 19.0 Å². The Morgan fingerprint density at radius 1 is 0.545 bits per heavy atom. The summed E-state index contributed by atoms with van der Waals surface area (Å²) in [6, 6.07) is 0. The summed E-state index contributed by atoms with van der Waals surface area (Å²) in [5.41, 5.74) is 5.34. The lowest BCUT2D eigenvalue weighted by Gasteiger charge is -2.19. The van der Waals surface area contributed by atoms with Crippen LogP contribution < -0.4 is 5.73 Å². The largest absolute Gasteiger partial charge is 0.472 e. The fourth-order valence-corrected chi connectivity index (χ4v) is 6.64. The highest BCUT2D eigenvalue weighted by atomic mass is 31.2. The summed E-state index contributed by atoms with van der Waals surface area (Å²) in [4.78, 5) is 34.9. The predicted molar refractivity (Wildman–Crippen MR) is 229 cm³/mol. The summed E-state index contributed by atoms with van der Waals surface area (Å²) in [6.07, 6.45) is 47.1. The van der Waals surface area contributed by atoms with E-state index in [4.69, 9.17) is 24.3 Å². The average molecular weight is 796 g/mol. The first kappa shape index (κ1) is 53.0. The van der Waals surface area contributed by atoms with Gasteiger partial charge in [0, 0.05) is 19.4 Å². The van der Waals surface area contributed by atoms with Gasteiger partial charge in [0.2, 0.25) is 0 Å². The van der Waals surface area contributed by atoms with Gasteiger partial charge >= 0.3 is 19.8 Å². The van der Waals surface area contributed by atoms with Gasteiger partial charge in [-0.15, -0.1) is 0 Å². The Balaban J connectivity index is 4.18. The molecule has 0 rings (SSSR count). The molecule has 0 aromatic carbocycles. The van der Waals surface area contributed by atoms with E-state index < -0.39 is 32.5 Å². The van der Waals surface area contributed by atoms with Crippen LogP contribution in [0.2, 0.25) is 0 Å². The number of rotatable bonds is 41. The molecule has 0 saturated carbocycles. The van der Waals surface area contributed by atoms with Crippen molar-refractivity contribution in [1.82, 2.24) is 0 Å². The van der Waals surface area contributed by atoms with E-state index in [1.165, 1.54) is 109 Å². The molecular formula is C45H82NO8P. The smallest absolute Gasteiger partial charge is 0.462 e. The zero-order chi connectivity index (χ0) is 40.3. The van der Waals surface area contributed by atoms with Crippen molar-refractivity contribution in [1.29, 1.82) is 0 Å². The number of nitrogens with two attached hydrogens (primary N) is 1. The van der Waals surface area contributed by atoms with Crippen LogP contribution in [0.4, 0.5) is 0 Å². The molecule has 2 atom stereocenters. The molecule has 0 fully saturated rings. The van der Waals surface area contributed by atoms with E-state index in [-0.39, 0.29) is 32.6 Å². The Morgan fingerprint density at radius 2 is 0.945 bits per heavy atom. The molecule has 0 amide bonds. The van der Waals surface area contributed by atoms with Crippen molar-refractivity contribution in [3.63, 3.8) is 0 Å². The van der Waals surface area contributed by atoms with Gasteiger partial charge < -0.3 is 20.1 Å². The number of ether oxygens (including phenoxy) is 2. The molecule has 1 unspecified atom stereocenters. The Kier molecular flexibility index (Phi) is 40.1. The molecule has 0 saturated heterocycles. The van der Waals surface area contributed by atoms with Crippen molar-refractivity contribution in [3.8, 4) is 0 Å². The molecule has 0 aliphatic heterocycles. The molecule has 3 N–H and O–H groups in total. The fraction of sp³-hybridized carbons (Fsp3) is 0.778. The highest BCUT2D eigenvalue weighted by Gasteiger charge is 2.26. The van der Waals surface area contributed by atoms with Gasteiger partial charge in [0.25, 0.3) is 0 Å². The second-order valence-corrected chi connectivity index (χ2v) is 16.0. The number of allylic oxidation sites excluding steroid dienone is 8. The monoisotopic (exact) mass is 796 g/mol. The molecule has 0 radical (unpaired) electrons. The highest BCUT2D eigenvalue weighted by Crippen LogP contribution is 2.43. The molecule has 0 aliphatic carbocycles. The summed E-state index contributed by atoms with van der Waals surface area (Å²) in [5.74, 6) is -0.875. The molecule has 9 nitrogen and oxygen atoms in total. The minimum absolute atomic E-state index is 0.0458. The van der Waals surface area contributed by atoms with Crippen molar-refractivity contribution in [2.45, 2.75) is 200 Å². The second kappa shape index (κ2) is 41.6. The lowest BCUT2D eigenvalue weighted by Crippen LogP contribution is -2.29. The summed E-state index contributed by atoms with van der Waals surface area (Å²) in [7, 11) is -4.39. The van der Waals surface area contributed by atoms with Gasteiger partial charge in [0.1, 0.15) is 6.61 Å². The van der Waals surface area contributed by atoms with Crippen LogP contribution in [0.3, 0.4) is 0 Å². The first-order valence-electron chi connectivity index (χ1n) is 22.1. The molecule has 320 valence electrons. The third-order valence-corrected chi connectivity index (χ3v) is 10.2. The Morgan fingerprint density at radius 3 is 1.49 bits per heavy atom. The van der Waals surface area contributed by atoms with Gasteiger partial charge in [-0.3, -0.25) is 18.6 Å². The Hall–Kier alpha value is -2.03. The summed E-state index contributed by atoms with van der Waals surface area (Å²) in [5, 5.41) is 0. The number of unbranched alkanes of at least 4 members (excludes halogenated alkanes) is 20. The zero-order valence-electron chi connectivity index (χ0n) is 35.2. The molecule has 0 aromatic heterocycles. The number of esters is 2. The number of phosphoric ester groups is 1. The van der Waals surface area contributed by atoms with Gasteiger partial charge in [-0.05, 0) is 77.0 Å². The standard InChI is InChI=1S/C45H82NO8P/c1-3-5-7-9-11-13-15-17-19-20-21-22-24-25-27-29-31-33-35-37-44(47)51-41-43(42-53-55(49,50)52-40-39-46)54-45(48)38-36-34-32-30-28-26-23-18-16-14-12-10-8-6-4-2/h12,14,17-19,23,28,30,43H,3-11,13,15-16,20-22,24-27,29,31-42,46H2,1-2H3,(H,49,50)/b14-12-,19-17-,23-18-,30-28-/t43-/m1/s1. The summed E-state index contributed by atoms with van der Waals surface area (Å²) < 4.78 is 32.7. The van der Waals surface area contributed by atoms with Gasteiger partial charge in [-0.2, -0.15) is 0 Å². The Labute approximate surface area is 336 Å². The zero-order valence-corrected chi connectivity index (χ0v) is 36.0. The highest BCUT2D eigenvalue weighted by molar-refractivity contribution is 7.47. The number of phosphoric acid groups is 1. The van der Waals surface area contributed by atoms with E-state index in [0.717, 1.165) is 51.4 Å². The van der Waals surface area contributed by atoms with Crippen LogP contribution >= 0.6 is 7.82 Å². The topological polar surface area (TPSA) is 134 Å². The molecule has 0 aromatic rings. The molecule has 0 bridgehead atoms. The molecule has 0 spiro atoms. The van der Waals surface area contributed by atoms with Crippen LogP contribution in [-0.4, -0.2) is 49.3 Å². The van der Waals surface area contributed by atoms with Crippen molar-refractivity contribution in [2.75, 3.05) is 26.4 Å². The summed E-state index contributed by atoms with van der Waals surface area (Å²) >= 11 is 0. The predicted octanol–water partition coefficient (Wildman–Crippen LogP) is 12.7. The minimum Gasteiger partial charge on any atom is -0.462 e. The van der Waals surface area contributed by atoms with Crippen LogP contribution in [0, 0.1) is 0 Å². The van der Waals surface area contributed by atoms with Gasteiger partial charge in [-0.1, -0.05) is 152 Å². The van der Waals surface area contributed by atoms with Gasteiger partial charge in [0.05, 0.1) is 13.2 Å². The van der Waals surface area contributed by atoms with Crippen LogP contribution in [0.15, 0.2) is 48.6 Å². The molecule has 0 heterocycles. The maximum Gasteiger partial charge on any atom is 0.472 e. The lowest BCUT2D eigenvalue weighted by atomic mass is 10.1. The SMILES string of the molecule is CCCCC/C=C\C/C=C\C/C=C\CCCCC(=O)O[C@H](COC(=O)CCCCCCCCCCC/C=C\CCCCCCCC)COP(=O)(O)OCCN. The van der Waals surface area contributed by atoms with Gasteiger partial charge in [-0.25, -0.2) is 4.57 Å².